The van der Waals surface area contributed by atoms with E-state index in [-0.39, 0.29) is 5.41 Å². The standard InChI is InChI=1S/C15H23NO2/c1-11-6-7-15(9-11,10-16)14(17)12-4-3-5-13(8-12)18-2/h3-5,8,11,14,17H,6-7,9-10,16H2,1-2H3. The SMILES string of the molecule is COc1cccc(C(O)C2(CN)CCC(C)C2)c1. The highest BCUT2D eigenvalue weighted by molar-refractivity contribution is 5.31. The monoisotopic (exact) mass is 249 g/mol. The number of nitrogens with two attached hydrogens (primary N) is 1. The Balaban J connectivity index is 2.25. The van der Waals surface area contributed by atoms with Gasteiger partial charge in [-0.1, -0.05) is 25.5 Å². The number of hydrogen-bond acceptors (Lipinski definition) is 3. The van der Waals surface area contributed by atoms with Crippen molar-refractivity contribution in [1.29, 1.82) is 0 Å². The molecule has 1 aromatic carbocycles. The van der Waals surface area contributed by atoms with Crippen LogP contribution in [-0.4, -0.2) is 18.8 Å². The maximum atomic E-state index is 10.7. The molecule has 0 radical (unpaired) electrons. The fourth-order valence-corrected chi connectivity index (χ4v) is 3.14. The van der Waals surface area contributed by atoms with E-state index >= 15 is 0 Å². The van der Waals surface area contributed by atoms with E-state index in [1.807, 2.05) is 24.3 Å². The molecule has 1 aliphatic rings. The Morgan fingerprint density at radius 3 is 2.89 bits per heavy atom. The first-order valence-electron chi connectivity index (χ1n) is 6.63. The first-order chi connectivity index (χ1) is 8.61. The predicted octanol–water partition coefficient (Wildman–Crippen LogP) is 2.49. The van der Waals surface area contributed by atoms with E-state index in [4.69, 9.17) is 10.5 Å². The molecule has 1 fully saturated rings. The van der Waals surface area contributed by atoms with Gasteiger partial charge in [-0.3, -0.25) is 0 Å². The molecular formula is C15H23NO2. The van der Waals surface area contributed by atoms with Gasteiger partial charge in [0.25, 0.3) is 0 Å². The van der Waals surface area contributed by atoms with E-state index in [0.29, 0.717) is 12.5 Å². The van der Waals surface area contributed by atoms with Crippen molar-refractivity contribution in [3.05, 3.63) is 29.8 Å². The van der Waals surface area contributed by atoms with Crippen LogP contribution in [0.25, 0.3) is 0 Å². The summed E-state index contributed by atoms with van der Waals surface area (Å²) in [4.78, 5) is 0. The van der Waals surface area contributed by atoms with Crippen molar-refractivity contribution in [2.45, 2.75) is 32.3 Å². The highest BCUT2D eigenvalue weighted by Crippen LogP contribution is 2.49. The lowest BCUT2D eigenvalue weighted by Gasteiger charge is -2.33. The molecule has 3 atom stereocenters. The summed E-state index contributed by atoms with van der Waals surface area (Å²) >= 11 is 0. The second kappa shape index (κ2) is 5.29. The zero-order chi connectivity index (χ0) is 13.2. The molecule has 18 heavy (non-hydrogen) atoms. The molecule has 0 amide bonds. The summed E-state index contributed by atoms with van der Waals surface area (Å²) in [6, 6.07) is 7.67. The van der Waals surface area contributed by atoms with Gasteiger partial charge < -0.3 is 15.6 Å². The van der Waals surface area contributed by atoms with Crippen molar-refractivity contribution < 1.29 is 9.84 Å². The second-order valence-electron chi connectivity index (χ2n) is 5.59. The van der Waals surface area contributed by atoms with Crippen molar-refractivity contribution in [3.63, 3.8) is 0 Å². The van der Waals surface area contributed by atoms with Crippen LogP contribution in [0.5, 0.6) is 5.75 Å². The van der Waals surface area contributed by atoms with Gasteiger partial charge in [0.1, 0.15) is 5.75 Å². The second-order valence-corrected chi connectivity index (χ2v) is 5.59. The molecule has 0 saturated heterocycles. The zero-order valence-corrected chi connectivity index (χ0v) is 11.2. The van der Waals surface area contributed by atoms with E-state index in [2.05, 4.69) is 6.92 Å². The maximum absolute atomic E-state index is 10.7. The molecule has 3 heteroatoms. The van der Waals surface area contributed by atoms with E-state index in [9.17, 15) is 5.11 Å². The van der Waals surface area contributed by atoms with Crippen LogP contribution in [0.15, 0.2) is 24.3 Å². The largest absolute Gasteiger partial charge is 0.497 e. The minimum absolute atomic E-state index is 0.161. The summed E-state index contributed by atoms with van der Waals surface area (Å²) in [7, 11) is 1.64. The molecule has 0 bridgehead atoms. The van der Waals surface area contributed by atoms with Gasteiger partial charge >= 0.3 is 0 Å². The summed E-state index contributed by atoms with van der Waals surface area (Å²) in [6.45, 7) is 2.77. The molecule has 1 saturated carbocycles. The molecule has 3 N–H and O–H groups in total. The van der Waals surface area contributed by atoms with Crippen molar-refractivity contribution in [1.82, 2.24) is 0 Å². The van der Waals surface area contributed by atoms with Crippen LogP contribution in [0.4, 0.5) is 0 Å². The predicted molar refractivity (Wildman–Crippen MR) is 72.5 cm³/mol. The number of hydrogen-bond donors (Lipinski definition) is 2. The van der Waals surface area contributed by atoms with Crippen molar-refractivity contribution in [2.24, 2.45) is 17.1 Å². The van der Waals surface area contributed by atoms with Gasteiger partial charge in [-0.25, -0.2) is 0 Å². The fourth-order valence-electron chi connectivity index (χ4n) is 3.14. The fraction of sp³-hybridized carbons (Fsp3) is 0.600. The summed E-state index contributed by atoms with van der Waals surface area (Å²) in [5.74, 6) is 1.43. The van der Waals surface area contributed by atoms with E-state index in [1.54, 1.807) is 7.11 Å². The highest BCUT2D eigenvalue weighted by atomic mass is 16.5. The van der Waals surface area contributed by atoms with Gasteiger partial charge in [-0.2, -0.15) is 0 Å². The summed E-state index contributed by atoms with van der Waals surface area (Å²) in [5, 5.41) is 10.7. The number of aliphatic hydroxyl groups is 1. The molecule has 1 aliphatic carbocycles. The Kier molecular flexibility index (Phi) is 3.93. The molecule has 1 aromatic rings. The minimum Gasteiger partial charge on any atom is -0.497 e. The number of benzene rings is 1. The minimum atomic E-state index is -0.498. The normalized spacial score (nSPS) is 29.2. The molecule has 2 rings (SSSR count). The Labute approximate surface area is 109 Å². The third-order valence-electron chi connectivity index (χ3n) is 4.29. The summed E-state index contributed by atoms with van der Waals surface area (Å²) < 4.78 is 5.21. The first-order valence-corrected chi connectivity index (χ1v) is 6.63. The van der Waals surface area contributed by atoms with Crippen LogP contribution in [0.3, 0.4) is 0 Å². The average Bonchev–Trinajstić information content (AvgIpc) is 2.81. The molecule has 100 valence electrons. The molecular weight excluding hydrogens is 226 g/mol. The van der Waals surface area contributed by atoms with Gasteiger partial charge in [-0.15, -0.1) is 0 Å². The number of ether oxygens (including phenoxy) is 1. The van der Waals surface area contributed by atoms with Crippen LogP contribution >= 0.6 is 0 Å². The highest BCUT2D eigenvalue weighted by Gasteiger charge is 2.42. The average molecular weight is 249 g/mol. The van der Waals surface area contributed by atoms with Crippen LogP contribution in [0.2, 0.25) is 0 Å². The van der Waals surface area contributed by atoms with Crippen LogP contribution in [0.1, 0.15) is 37.9 Å². The lowest BCUT2D eigenvalue weighted by molar-refractivity contribution is 0.0306. The molecule has 3 nitrogen and oxygen atoms in total. The van der Waals surface area contributed by atoms with Gasteiger partial charge in [0.15, 0.2) is 0 Å². The summed E-state index contributed by atoms with van der Waals surface area (Å²) in [5.41, 5.74) is 6.70. The van der Waals surface area contributed by atoms with E-state index in [0.717, 1.165) is 30.6 Å². The third-order valence-corrected chi connectivity index (χ3v) is 4.29. The van der Waals surface area contributed by atoms with Gasteiger partial charge in [0.05, 0.1) is 13.2 Å². The van der Waals surface area contributed by atoms with Crippen LogP contribution in [0, 0.1) is 11.3 Å². The van der Waals surface area contributed by atoms with Crippen molar-refractivity contribution in [3.8, 4) is 5.75 Å². The quantitative estimate of drug-likeness (QED) is 0.862. The van der Waals surface area contributed by atoms with Crippen molar-refractivity contribution in [2.75, 3.05) is 13.7 Å². The van der Waals surface area contributed by atoms with E-state index < -0.39 is 6.10 Å². The number of rotatable bonds is 4. The third kappa shape index (κ3) is 2.38. The topological polar surface area (TPSA) is 55.5 Å². The molecule has 0 heterocycles. The Morgan fingerprint density at radius 1 is 1.56 bits per heavy atom. The molecule has 0 spiro atoms. The van der Waals surface area contributed by atoms with Gasteiger partial charge in [-0.05, 0) is 36.5 Å². The maximum Gasteiger partial charge on any atom is 0.119 e. The Bertz CT molecular complexity index is 407. The number of aliphatic hydroxyl groups excluding tert-OH is 1. The molecule has 0 aliphatic heterocycles. The Hall–Kier alpha value is -1.06. The summed E-state index contributed by atoms with van der Waals surface area (Å²) in [6.07, 6.45) is 2.66. The van der Waals surface area contributed by atoms with Gasteiger partial charge in [0, 0.05) is 12.0 Å². The molecule has 0 aromatic heterocycles. The first kappa shape index (κ1) is 13.4. The number of methoxy groups -OCH3 is 1. The smallest absolute Gasteiger partial charge is 0.119 e. The van der Waals surface area contributed by atoms with Crippen LogP contribution in [-0.2, 0) is 0 Å². The van der Waals surface area contributed by atoms with Gasteiger partial charge in [0.2, 0.25) is 0 Å². The molecule has 3 unspecified atom stereocenters. The lowest BCUT2D eigenvalue weighted by atomic mass is 9.77. The lowest BCUT2D eigenvalue weighted by Crippen LogP contribution is -2.34. The van der Waals surface area contributed by atoms with Crippen molar-refractivity contribution >= 4 is 0 Å². The Morgan fingerprint density at radius 2 is 2.33 bits per heavy atom. The zero-order valence-electron chi connectivity index (χ0n) is 11.2. The van der Waals surface area contributed by atoms with Crippen LogP contribution < -0.4 is 10.5 Å². The van der Waals surface area contributed by atoms with E-state index in [1.165, 1.54) is 0 Å².